The highest BCUT2D eigenvalue weighted by Crippen LogP contribution is 1.97. The van der Waals surface area contributed by atoms with E-state index in [2.05, 4.69) is 20.2 Å². The van der Waals surface area contributed by atoms with Crippen molar-refractivity contribution in [3.05, 3.63) is 18.5 Å². The SMILES string of the molecule is CCc1nnc2ncncn12. The van der Waals surface area contributed by atoms with E-state index in [1.807, 2.05) is 6.92 Å². The summed E-state index contributed by atoms with van der Waals surface area (Å²) >= 11 is 0. The van der Waals surface area contributed by atoms with Gasteiger partial charge in [0.05, 0.1) is 0 Å². The summed E-state index contributed by atoms with van der Waals surface area (Å²) in [7, 11) is 0. The Bertz CT molecular complexity index is 366. The molecule has 5 heteroatoms. The third kappa shape index (κ3) is 0.849. The Kier molecular flexibility index (Phi) is 1.28. The van der Waals surface area contributed by atoms with E-state index >= 15 is 0 Å². The Morgan fingerprint density at radius 2 is 2.36 bits per heavy atom. The highest BCUT2D eigenvalue weighted by Gasteiger charge is 2.01. The molecule has 5 nitrogen and oxygen atoms in total. The van der Waals surface area contributed by atoms with E-state index in [9.17, 15) is 0 Å². The number of fused-ring (bicyclic) bond motifs is 1. The van der Waals surface area contributed by atoms with Gasteiger partial charge in [0.1, 0.15) is 18.5 Å². The largest absolute Gasteiger partial charge is 0.257 e. The van der Waals surface area contributed by atoms with Crippen molar-refractivity contribution in [1.82, 2.24) is 24.6 Å². The molecule has 0 radical (unpaired) electrons. The van der Waals surface area contributed by atoms with Crippen molar-refractivity contribution in [2.45, 2.75) is 13.3 Å². The second-order valence-corrected chi connectivity index (χ2v) is 2.15. The van der Waals surface area contributed by atoms with Crippen LogP contribution >= 0.6 is 0 Å². The second-order valence-electron chi connectivity index (χ2n) is 2.15. The molecule has 2 rings (SSSR count). The molecule has 0 aromatic carbocycles. The highest BCUT2D eigenvalue weighted by atomic mass is 15.3. The molecule has 0 amide bonds. The normalized spacial score (nSPS) is 10.6. The van der Waals surface area contributed by atoms with E-state index in [1.54, 1.807) is 10.7 Å². The van der Waals surface area contributed by atoms with Crippen LogP contribution in [0.2, 0.25) is 0 Å². The first-order chi connectivity index (χ1) is 5.42. The summed E-state index contributed by atoms with van der Waals surface area (Å²) in [6, 6.07) is 0. The van der Waals surface area contributed by atoms with Gasteiger partial charge in [-0.1, -0.05) is 6.92 Å². The van der Waals surface area contributed by atoms with E-state index in [0.717, 1.165) is 12.2 Å². The van der Waals surface area contributed by atoms with Gasteiger partial charge in [-0.05, 0) is 0 Å². The average Bonchev–Trinajstić information content (AvgIpc) is 2.47. The molecule has 0 N–H and O–H groups in total. The molecule has 0 unspecified atom stereocenters. The van der Waals surface area contributed by atoms with Gasteiger partial charge < -0.3 is 0 Å². The van der Waals surface area contributed by atoms with Crippen molar-refractivity contribution in [3.8, 4) is 0 Å². The topological polar surface area (TPSA) is 56.0 Å². The fourth-order valence-corrected chi connectivity index (χ4v) is 0.943. The van der Waals surface area contributed by atoms with Crippen LogP contribution in [0.5, 0.6) is 0 Å². The standard InChI is InChI=1S/C6H7N5/c1-2-5-9-10-6-8-3-7-4-11(5)6/h3-4H,2H2,1H3. The van der Waals surface area contributed by atoms with E-state index in [-0.39, 0.29) is 0 Å². The van der Waals surface area contributed by atoms with Gasteiger partial charge in [0.2, 0.25) is 0 Å². The van der Waals surface area contributed by atoms with Crippen LogP contribution in [-0.2, 0) is 6.42 Å². The van der Waals surface area contributed by atoms with Crippen molar-refractivity contribution in [2.75, 3.05) is 0 Å². The summed E-state index contributed by atoms with van der Waals surface area (Å²) in [5, 5.41) is 7.78. The molecule has 56 valence electrons. The van der Waals surface area contributed by atoms with Gasteiger partial charge >= 0.3 is 0 Å². The van der Waals surface area contributed by atoms with Crippen LogP contribution in [0.4, 0.5) is 0 Å². The first-order valence-corrected chi connectivity index (χ1v) is 3.41. The van der Waals surface area contributed by atoms with Crippen molar-refractivity contribution in [2.24, 2.45) is 0 Å². The van der Waals surface area contributed by atoms with Gasteiger partial charge in [-0.3, -0.25) is 4.40 Å². The van der Waals surface area contributed by atoms with Gasteiger partial charge in [-0.15, -0.1) is 10.2 Å². The van der Waals surface area contributed by atoms with Gasteiger partial charge in [0.15, 0.2) is 0 Å². The predicted molar refractivity (Wildman–Crippen MR) is 38.0 cm³/mol. The molecular weight excluding hydrogens is 142 g/mol. The van der Waals surface area contributed by atoms with Crippen molar-refractivity contribution in [1.29, 1.82) is 0 Å². The number of aryl methyl sites for hydroxylation is 1. The number of hydrogen-bond acceptors (Lipinski definition) is 4. The average molecular weight is 149 g/mol. The predicted octanol–water partition coefficient (Wildman–Crippen LogP) is 0.0817. The van der Waals surface area contributed by atoms with Gasteiger partial charge in [0.25, 0.3) is 5.78 Å². The molecule has 2 aromatic rings. The monoisotopic (exact) mass is 149 g/mol. The highest BCUT2D eigenvalue weighted by molar-refractivity contribution is 5.24. The Morgan fingerprint density at radius 3 is 3.18 bits per heavy atom. The fraction of sp³-hybridized carbons (Fsp3) is 0.333. The maximum atomic E-state index is 3.93. The summed E-state index contributed by atoms with van der Waals surface area (Å²) in [5.41, 5.74) is 0. The molecule has 0 atom stereocenters. The minimum absolute atomic E-state index is 0.608. The minimum atomic E-state index is 0.608. The molecule has 11 heavy (non-hydrogen) atoms. The van der Waals surface area contributed by atoms with E-state index in [4.69, 9.17) is 0 Å². The van der Waals surface area contributed by atoms with Crippen molar-refractivity contribution >= 4 is 5.78 Å². The van der Waals surface area contributed by atoms with E-state index in [1.165, 1.54) is 6.33 Å². The zero-order valence-electron chi connectivity index (χ0n) is 6.10. The van der Waals surface area contributed by atoms with Gasteiger partial charge in [0, 0.05) is 6.42 Å². The fourth-order valence-electron chi connectivity index (χ4n) is 0.943. The first-order valence-electron chi connectivity index (χ1n) is 3.41. The third-order valence-electron chi connectivity index (χ3n) is 1.49. The van der Waals surface area contributed by atoms with Crippen LogP contribution in [0, 0.1) is 0 Å². The summed E-state index contributed by atoms with van der Waals surface area (Å²) < 4.78 is 1.78. The lowest BCUT2D eigenvalue weighted by Gasteiger charge is -1.90. The molecular formula is C6H7N5. The molecule has 0 saturated heterocycles. The zero-order valence-corrected chi connectivity index (χ0v) is 6.10. The summed E-state index contributed by atoms with van der Waals surface area (Å²) in [6.07, 6.45) is 3.97. The summed E-state index contributed by atoms with van der Waals surface area (Å²) in [6.45, 7) is 2.02. The molecule has 2 aromatic heterocycles. The Morgan fingerprint density at radius 1 is 1.45 bits per heavy atom. The molecule has 0 aliphatic carbocycles. The number of aromatic nitrogens is 5. The lowest BCUT2D eigenvalue weighted by Crippen LogP contribution is -1.94. The van der Waals surface area contributed by atoms with Crippen LogP contribution < -0.4 is 0 Å². The summed E-state index contributed by atoms with van der Waals surface area (Å²) in [4.78, 5) is 7.79. The van der Waals surface area contributed by atoms with Crippen molar-refractivity contribution < 1.29 is 0 Å². The summed E-state index contributed by atoms with van der Waals surface area (Å²) in [5.74, 6) is 1.50. The Labute approximate surface area is 63.1 Å². The smallest absolute Gasteiger partial charge is 0.253 e. The number of hydrogen-bond donors (Lipinski definition) is 0. The molecule has 0 spiro atoms. The second kappa shape index (κ2) is 2.26. The molecule has 0 fully saturated rings. The Hall–Kier alpha value is -1.52. The first kappa shape index (κ1) is 6.21. The quantitative estimate of drug-likeness (QED) is 0.576. The molecule has 0 bridgehead atoms. The number of rotatable bonds is 1. The molecule has 0 aliphatic rings. The lowest BCUT2D eigenvalue weighted by atomic mass is 10.5. The van der Waals surface area contributed by atoms with Gasteiger partial charge in [-0.2, -0.15) is 4.98 Å². The molecule has 0 aliphatic heterocycles. The zero-order chi connectivity index (χ0) is 7.68. The van der Waals surface area contributed by atoms with Crippen molar-refractivity contribution in [3.63, 3.8) is 0 Å². The van der Waals surface area contributed by atoms with Crippen LogP contribution in [0.3, 0.4) is 0 Å². The lowest BCUT2D eigenvalue weighted by molar-refractivity contribution is 0.889. The number of nitrogens with zero attached hydrogens (tertiary/aromatic N) is 5. The van der Waals surface area contributed by atoms with Crippen LogP contribution in [0.15, 0.2) is 12.7 Å². The van der Waals surface area contributed by atoms with Crippen LogP contribution in [0.25, 0.3) is 5.78 Å². The van der Waals surface area contributed by atoms with E-state index < -0.39 is 0 Å². The maximum Gasteiger partial charge on any atom is 0.257 e. The van der Waals surface area contributed by atoms with Crippen LogP contribution in [-0.4, -0.2) is 24.6 Å². The van der Waals surface area contributed by atoms with E-state index in [0.29, 0.717) is 5.78 Å². The maximum absolute atomic E-state index is 3.93. The third-order valence-corrected chi connectivity index (χ3v) is 1.49. The molecule has 0 saturated carbocycles. The Balaban J connectivity index is 2.76. The molecule has 2 heterocycles. The minimum Gasteiger partial charge on any atom is -0.253 e. The van der Waals surface area contributed by atoms with Gasteiger partial charge in [-0.25, -0.2) is 4.98 Å². The van der Waals surface area contributed by atoms with Crippen LogP contribution in [0.1, 0.15) is 12.7 Å².